The van der Waals surface area contributed by atoms with Gasteiger partial charge in [-0.2, -0.15) is 0 Å². The van der Waals surface area contributed by atoms with Gasteiger partial charge in [0.05, 0.1) is 11.4 Å². The maximum atomic E-state index is 14.2. The molecule has 0 aromatic heterocycles. The van der Waals surface area contributed by atoms with Crippen molar-refractivity contribution in [2.75, 3.05) is 29.9 Å². The number of anilines is 1. The molecule has 0 saturated heterocycles. The zero-order valence-corrected chi connectivity index (χ0v) is 25.4. The number of halogens is 1. The fraction of sp³-hybridized carbons (Fsp3) is 0.355. The van der Waals surface area contributed by atoms with E-state index in [4.69, 9.17) is 21.1 Å². The van der Waals surface area contributed by atoms with Crippen molar-refractivity contribution < 1.29 is 27.5 Å². The summed E-state index contributed by atoms with van der Waals surface area (Å²) in [6.07, 6.45) is 1.93. The van der Waals surface area contributed by atoms with Crippen LogP contribution in [0.2, 0.25) is 5.02 Å². The van der Waals surface area contributed by atoms with Crippen molar-refractivity contribution in [2.24, 2.45) is 0 Å². The molecule has 4 rings (SSSR count). The number of benzene rings is 3. The number of amides is 2. The largest absolute Gasteiger partial charge is 0.454 e. The van der Waals surface area contributed by atoms with Crippen molar-refractivity contribution in [2.45, 2.75) is 45.7 Å². The van der Waals surface area contributed by atoms with Crippen LogP contribution in [0.4, 0.5) is 5.69 Å². The lowest BCUT2D eigenvalue weighted by Crippen LogP contribution is -2.53. The minimum atomic E-state index is -3.89. The molecule has 0 aliphatic carbocycles. The quantitative estimate of drug-likeness (QED) is 0.262. The number of nitrogens with zero attached hydrogens (tertiary/aromatic N) is 2. The second-order valence-corrected chi connectivity index (χ2v) is 12.6. The number of sulfonamides is 1. The molecule has 1 aliphatic heterocycles. The maximum Gasteiger partial charge on any atom is 0.244 e. The van der Waals surface area contributed by atoms with Crippen LogP contribution >= 0.6 is 11.6 Å². The topological polar surface area (TPSA) is 105 Å². The number of unbranched alkanes of at least 4 members (excludes halogenated alkanes) is 1. The van der Waals surface area contributed by atoms with Gasteiger partial charge in [-0.25, -0.2) is 8.42 Å². The van der Waals surface area contributed by atoms with Gasteiger partial charge in [0.25, 0.3) is 0 Å². The standard InChI is InChI=1S/C31H36ClN3O6S/c1-3-5-16-33-31(37)27(18-23-10-7-6-8-11-23)34(20-24-12-9-13-25(32)17-24)30(36)21-35(42(38,39)4-2)26-14-15-28-29(19-26)41-22-40-28/h6-15,17,19,27H,3-5,16,18,20-22H2,1-2H3,(H,33,37)/t27-/m1/s1. The van der Waals surface area contributed by atoms with E-state index in [-0.39, 0.29) is 37.1 Å². The Kier molecular flexibility index (Phi) is 10.7. The molecule has 0 bridgehead atoms. The van der Waals surface area contributed by atoms with Gasteiger partial charge in [-0.1, -0.05) is 67.4 Å². The number of fused-ring (bicyclic) bond motifs is 1. The van der Waals surface area contributed by atoms with Crippen molar-refractivity contribution in [1.82, 2.24) is 10.2 Å². The van der Waals surface area contributed by atoms with E-state index in [1.165, 1.54) is 11.8 Å². The van der Waals surface area contributed by atoms with E-state index < -0.39 is 28.5 Å². The fourth-order valence-corrected chi connectivity index (χ4v) is 5.92. The van der Waals surface area contributed by atoms with Crippen LogP contribution in [0.15, 0.2) is 72.8 Å². The summed E-state index contributed by atoms with van der Waals surface area (Å²) >= 11 is 6.26. The van der Waals surface area contributed by atoms with Crippen LogP contribution in [0.3, 0.4) is 0 Å². The lowest BCUT2D eigenvalue weighted by atomic mass is 10.0. The Hall–Kier alpha value is -3.76. The van der Waals surface area contributed by atoms with Crippen LogP contribution < -0.4 is 19.1 Å². The van der Waals surface area contributed by atoms with Gasteiger partial charge in [0.15, 0.2) is 11.5 Å². The Morgan fingerprint density at radius 1 is 0.952 bits per heavy atom. The van der Waals surface area contributed by atoms with Crippen molar-refractivity contribution >= 4 is 39.1 Å². The molecule has 0 spiro atoms. The van der Waals surface area contributed by atoms with E-state index in [0.29, 0.717) is 28.6 Å². The first kappa shape index (κ1) is 31.2. The highest BCUT2D eigenvalue weighted by atomic mass is 35.5. The Morgan fingerprint density at radius 3 is 2.40 bits per heavy atom. The van der Waals surface area contributed by atoms with Gasteiger partial charge in [0, 0.05) is 30.6 Å². The Balaban J connectivity index is 1.73. The number of nitrogens with one attached hydrogen (secondary N) is 1. The van der Waals surface area contributed by atoms with Gasteiger partial charge >= 0.3 is 0 Å². The number of hydrogen-bond acceptors (Lipinski definition) is 6. The molecular weight excluding hydrogens is 578 g/mol. The molecule has 0 radical (unpaired) electrons. The average Bonchev–Trinajstić information content (AvgIpc) is 3.46. The van der Waals surface area contributed by atoms with Crippen molar-refractivity contribution in [3.63, 3.8) is 0 Å². The summed E-state index contributed by atoms with van der Waals surface area (Å²) in [7, 11) is -3.89. The van der Waals surface area contributed by atoms with E-state index in [0.717, 1.165) is 22.7 Å². The molecule has 9 nitrogen and oxygen atoms in total. The lowest BCUT2D eigenvalue weighted by Gasteiger charge is -2.34. The third kappa shape index (κ3) is 7.95. The second kappa shape index (κ2) is 14.4. The summed E-state index contributed by atoms with van der Waals surface area (Å²) in [5.41, 5.74) is 1.85. The summed E-state index contributed by atoms with van der Waals surface area (Å²) in [5.74, 6) is -0.182. The highest BCUT2D eigenvalue weighted by Gasteiger charge is 2.34. The maximum absolute atomic E-state index is 14.2. The molecule has 1 heterocycles. The Bertz CT molecular complexity index is 1480. The van der Waals surface area contributed by atoms with Crippen molar-refractivity contribution in [3.05, 3.63) is 88.9 Å². The third-order valence-corrected chi connectivity index (χ3v) is 8.94. The fourth-order valence-electron chi connectivity index (χ4n) is 4.65. The zero-order valence-electron chi connectivity index (χ0n) is 23.8. The SMILES string of the molecule is CCCCNC(=O)[C@@H](Cc1ccccc1)N(Cc1cccc(Cl)c1)C(=O)CN(c1ccc2c(c1)OCO2)S(=O)(=O)CC. The summed E-state index contributed by atoms with van der Waals surface area (Å²) in [6, 6.07) is 20.3. The molecule has 1 atom stereocenters. The number of carbonyl (C=O) groups is 2. The zero-order chi connectivity index (χ0) is 30.1. The Morgan fingerprint density at radius 2 is 1.69 bits per heavy atom. The summed E-state index contributed by atoms with van der Waals surface area (Å²) in [6.45, 7) is 3.58. The molecular formula is C31H36ClN3O6S. The van der Waals surface area contributed by atoms with E-state index in [1.807, 2.05) is 43.3 Å². The minimum Gasteiger partial charge on any atom is -0.454 e. The first-order valence-electron chi connectivity index (χ1n) is 14.0. The lowest BCUT2D eigenvalue weighted by molar-refractivity contribution is -0.140. The predicted molar refractivity (Wildman–Crippen MR) is 163 cm³/mol. The van der Waals surface area contributed by atoms with Gasteiger partial charge in [0.1, 0.15) is 12.6 Å². The highest BCUT2D eigenvalue weighted by molar-refractivity contribution is 7.92. The van der Waals surface area contributed by atoms with Crippen LogP contribution in [0.5, 0.6) is 11.5 Å². The Labute approximate surface area is 252 Å². The molecule has 0 saturated carbocycles. The van der Waals surface area contributed by atoms with Crippen LogP contribution in [0, 0.1) is 0 Å². The van der Waals surface area contributed by atoms with Gasteiger partial charge in [-0.15, -0.1) is 0 Å². The molecule has 0 unspecified atom stereocenters. The number of rotatable bonds is 14. The molecule has 0 fully saturated rings. The smallest absolute Gasteiger partial charge is 0.244 e. The summed E-state index contributed by atoms with van der Waals surface area (Å²) < 4.78 is 38.5. The predicted octanol–water partition coefficient (Wildman–Crippen LogP) is 4.78. The molecule has 1 aliphatic rings. The second-order valence-electron chi connectivity index (χ2n) is 9.95. The first-order valence-corrected chi connectivity index (χ1v) is 16.0. The van der Waals surface area contributed by atoms with E-state index in [2.05, 4.69) is 5.32 Å². The third-order valence-electron chi connectivity index (χ3n) is 6.97. The molecule has 1 N–H and O–H groups in total. The van der Waals surface area contributed by atoms with Crippen LogP contribution in [0.25, 0.3) is 0 Å². The van der Waals surface area contributed by atoms with Gasteiger partial charge < -0.3 is 19.7 Å². The highest BCUT2D eigenvalue weighted by Crippen LogP contribution is 2.36. The average molecular weight is 614 g/mol. The van der Waals surface area contributed by atoms with E-state index in [1.54, 1.807) is 36.4 Å². The summed E-state index contributed by atoms with van der Waals surface area (Å²) in [5, 5.41) is 3.46. The number of carbonyl (C=O) groups excluding carboxylic acids is 2. The van der Waals surface area contributed by atoms with Crippen LogP contribution in [0.1, 0.15) is 37.8 Å². The van der Waals surface area contributed by atoms with Gasteiger partial charge in [-0.05, 0) is 48.7 Å². The molecule has 42 heavy (non-hydrogen) atoms. The van der Waals surface area contributed by atoms with Crippen LogP contribution in [-0.2, 0) is 32.6 Å². The molecule has 3 aromatic rings. The van der Waals surface area contributed by atoms with Crippen LogP contribution in [-0.4, -0.2) is 56.8 Å². The summed E-state index contributed by atoms with van der Waals surface area (Å²) in [4.78, 5) is 29.3. The first-order chi connectivity index (χ1) is 20.2. The molecule has 11 heteroatoms. The van der Waals surface area contributed by atoms with E-state index >= 15 is 0 Å². The van der Waals surface area contributed by atoms with Crippen molar-refractivity contribution in [3.8, 4) is 11.5 Å². The molecule has 224 valence electrons. The normalized spacial score (nSPS) is 12.9. The molecule has 2 amide bonds. The minimum absolute atomic E-state index is 0.0277. The van der Waals surface area contributed by atoms with Gasteiger partial charge in [-0.3, -0.25) is 13.9 Å². The molecule has 3 aromatic carbocycles. The number of hydrogen-bond donors (Lipinski definition) is 1. The number of ether oxygens (including phenoxy) is 2. The van der Waals surface area contributed by atoms with E-state index in [9.17, 15) is 18.0 Å². The van der Waals surface area contributed by atoms with Crippen molar-refractivity contribution in [1.29, 1.82) is 0 Å². The monoisotopic (exact) mass is 613 g/mol. The van der Waals surface area contributed by atoms with Gasteiger partial charge in [0.2, 0.25) is 28.6 Å².